The first-order chi connectivity index (χ1) is 14.4. The number of nitrogens with zero attached hydrogens (tertiary/aromatic N) is 1. The summed E-state index contributed by atoms with van der Waals surface area (Å²) in [5.41, 5.74) is 0.576. The zero-order valence-electron chi connectivity index (χ0n) is 16.6. The molecular weight excluding hydrogens is 455 g/mol. The number of benzene rings is 2. The van der Waals surface area contributed by atoms with Crippen LogP contribution in [0.25, 0.3) is 0 Å². The van der Waals surface area contributed by atoms with Crippen LogP contribution in [0.15, 0.2) is 58.3 Å². The van der Waals surface area contributed by atoms with Crippen LogP contribution in [-0.2, 0) is 14.8 Å². The van der Waals surface area contributed by atoms with Gasteiger partial charge in [0.25, 0.3) is 5.91 Å². The second-order valence-electron chi connectivity index (χ2n) is 6.49. The summed E-state index contributed by atoms with van der Waals surface area (Å²) in [6.45, 7) is -1.68. The molecule has 2 aromatic carbocycles. The maximum Gasteiger partial charge on any atom is 0.402 e. The van der Waals surface area contributed by atoms with Crippen molar-refractivity contribution in [2.45, 2.75) is 16.0 Å². The van der Waals surface area contributed by atoms with E-state index in [1.165, 1.54) is 33.5 Å². The van der Waals surface area contributed by atoms with Crippen molar-refractivity contribution >= 4 is 39.3 Å². The van der Waals surface area contributed by atoms with Crippen LogP contribution in [-0.4, -0.2) is 57.7 Å². The summed E-state index contributed by atoms with van der Waals surface area (Å²) >= 11 is 1.20. The Labute approximate surface area is 182 Å². The van der Waals surface area contributed by atoms with Crippen LogP contribution in [0.3, 0.4) is 0 Å². The van der Waals surface area contributed by atoms with Gasteiger partial charge >= 0.3 is 6.18 Å². The normalized spacial score (nSPS) is 11.8. The lowest BCUT2D eigenvalue weighted by Crippen LogP contribution is -2.33. The van der Waals surface area contributed by atoms with Crippen LogP contribution in [0.1, 0.15) is 10.4 Å². The lowest BCUT2D eigenvalue weighted by atomic mass is 10.2. The third-order valence-corrected chi connectivity index (χ3v) is 6.34. The van der Waals surface area contributed by atoms with Crippen molar-refractivity contribution in [1.29, 1.82) is 0 Å². The monoisotopic (exact) mass is 475 g/mol. The number of rotatable bonds is 8. The van der Waals surface area contributed by atoms with E-state index in [0.717, 1.165) is 12.1 Å². The second-order valence-corrected chi connectivity index (χ2v) is 9.28. The van der Waals surface area contributed by atoms with E-state index >= 15 is 0 Å². The van der Waals surface area contributed by atoms with Gasteiger partial charge in [0, 0.05) is 24.7 Å². The molecule has 0 bridgehead atoms. The van der Waals surface area contributed by atoms with E-state index in [1.807, 2.05) is 0 Å². The molecular formula is C19H20F3N3O4S2. The number of amides is 2. The van der Waals surface area contributed by atoms with Crippen LogP contribution in [0, 0.1) is 0 Å². The SMILES string of the molecule is CN(C)C(=O)CSc1ccccc1C(=O)Nc1ccc(S(=O)(=O)NCC(F)(F)F)cc1. The zero-order valence-corrected chi connectivity index (χ0v) is 18.2. The summed E-state index contributed by atoms with van der Waals surface area (Å²) in [6, 6.07) is 11.4. The maximum atomic E-state index is 12.6. The van der Waals surface area contributed by atoms with Gasteiger partial charge in [0.15, 0.2) is 0 Å². The topological polar surface area (TPSA) is 95.6 Å². The number of thioether (sulfide) groups is 1. The number of alkyl halides is 3. The minimum Gasteiger partial charge on any atom is -0.348 e. The van der Waals surface area contributed by atoms with Crippen molar-refractivity contribution in [1.82, 2.24) is 9.62 Å². The number of hydrogen-bond donors (Lipinski definition) is 2. The summed E-state index contributed by atoms with van der Waals surface area (Å²) in [5.74, 6) is -0.447. The summed E-state index contributed by atoms with van der Waals surface area (Å²) in [7, 11) is -1.08. The van der Waals surface area contributed by atoms with Crippen molar-refractivity contribution in [3.63, 3.8) is 0 Å². The molecule has 0 aromatic heterocycles. The van der Waals surface area contributed by atoms with Gasteiger partial charge in [-0.1, -0.05) is 12.1 Å². The molecule has 2 amide bonds. The minimum atomic E-state index is -4.68. The average Bonchev–Trinajstić information content (AvgIpc) is 2.70. The molecule has 0 aliphatic rings. The largest absolute Gasteiger partial charge is 0.402 e. The summed E-state index contributed by atoms with van der Waals surface area (Å²) in [6.07, 6.45) is -4.68. The molecule has 168 valence electrons. The molecule has 0 fully saturated rings. The molecule has 0 heterocycles. The van der Waals surface area contributed by atoms with Crippen LogP contribution in [0.4, 0.5) is 18.9 Å². The fourth-order valence-corrected chi connectivity index (χ4v) is 4.27. The summed E-state index contributed by atoms with van der Waals surface area (Å²) < 4.78 is 62.0. The van der Waals surface area contributed by atoms with Crippen molar-refractivity contribution in [2.24, 2.45) is 0 Å². The van der Waals surface area contributed by atoms with Crippen molar-refractivity contribution < 1.29 is 31.2 Å². The van der Waals surface area contributed by atoms with E-state index in [1.54, 1.807) is 38.4 Å². The Balaban J connectivity index is 2.09. The maximum absolute atomic E-state index is 12.6. The molecule has 0 saturated heterocycles. The molecule has 0 aliphatic carbocycles. The van der Waals surface area contributed by atoms with Gasteiger partial charge in [-0.3, -0.25) is 9.59 Å². The Hall–Kier alpha value is -2.57. The molecule has 0 radical (unpaired) electrons. The van der Waals surface area contributed by atoms with Crippen LogP contribution < -0.4 is 10.0 Å². The predicted octanol–water partition coefficient (Wildman–Crippen LogP) is 2.96. The Morgan fingerprint density at radius 1 is 1.03 bits per heavy atom. The third-order valence-electron chi connectivity index (χ3n) is 3.87. The molecule has 0 aliphatic heterocycles. The minimum absolute atomic E-state index is 0.115. The van der Waals surface area contributed by atoms with E-state index in [0.29, 0.717) is 10.5 Å². The average molecular weight is 476 g/mol. The molecule has 2 N–H and O–H groups in total. The van der Waals surface area contributed by atoms with Gasteiger partial charge in [-0.05, 0) is 36.4 Å². The van der Waals surface area contributed by atoms with E-state index in [-0.39, 0.29) is 22.2 Å². The van der Waals surface area contributed by atoms with Gasteiger partial charge in [0.1, 0.15) is 6.54 Å². The van der Waals surface area contributed by atoms with Crippen molar-refractivity contribution in [3.05, 3.63) is 54.1 Å². The lowest BCUT2D eigenvalue weighted by Gasteiger charge is -2.13. The van der Waals surface area contributed by atoms with E-state index in [9.17, 15) is 31.2 Å². The number of carbonyl (C=O) groups is 2. The number of halogens is 3. The van der Waals surface area contributed by atoms with Gasteiger partial charge in [-0.25, -0.2) is 13.1 Å². The fourth-order valence-electron chi connectivity index (χ4n) is 2.22. The highest BCUT2D eigenvalue weighted by Gasteiger charge is 2.30. The molecule has 0 saturated carbocycles. The standard InChI is InChI=1S/C19H20F3N3O4S2/c1-25(2)17(26)11-30-16-6-4-3-5-15(16)18(27)24-13-7-9-14(10-8-13)31(28,29)23-12-19(20,21)22/h3-10,23H,11-12H2,1-2H3,(H,24,27). The molecule has 12 heteroatoms. The molecule has 2 rings (SSSR count). The van der Waals surface area contributed by atoms with Gasteiger partial charge in [-0.2, -0.15) is 13.2 Å². The number of nitrogens with one attached hydrogen (secondary N) is 2. The van der Waals surface area contributed by atoms with Gasteiger partial charge in [-0.15, -0.1) is 11.8 Å². The number of hydrogen-bond acceptors (Lipinski definition) is 5. The van der Waals surface area contributed by atoms with Gasteiger partial charge in [0.2, 0.25) is 15.9 Å². The Morgan fingerprint density at radius 2 is 1.65 bits per heavy atom. The van der Waals surface area contributed by atoms with Gasteiger partial charge < -0.3 is 10.2 Å². The third kappa shape index (κ3) is 7.56. The van der Waals surface area contributed by atoms with Crippen molar-refractivity contribution in [3.8, 4) is 0 Å². The van der Waals surface area contributed by atoms with Gasteiger partial charge in [0.05, 0.1) is 16.2 Å². The van der Waals surface area contributed by atoms with E-state index < -0.39 is 28.7 Å². The van der Waals surface area contributed by atoms with Crippen LogP contribution in [0.2, 0.25) is 0 Å². The highest BCUT2D eigenvalue weighted by molar-refractivity contribution is 8.00. The zero-order chi connectivity index (χ0) is 23.2. The molecule has 2 aromatic rings. The number of anilines is 1. The molecule has 0 unspecified atom stereocenters. The van der Waals surface area contributed by atoms with E-state index in [4.69, 9.17) is 0 Å². The lowest BCUT2D eigenvalue weighted by molar-refractivity contribution is -0.126. The Bertz CT molecular complexity index is 1040. The number of carbonyl (C=O) groups excluding carboxylic acids is 2. The first-order valence-electron chi connectivity index (χ1n) is 8.79. The first-order valence-corrected chi connectivity index (χ1v) is 11.3. The molecule has 31 heavy (non-hydrogen) atoms. The second kappa shape index (κ2) is 10.2. The highest BCUT2D eigenvalue weighted by atomic mass is 32.2. The molecule has 7 nitrogen and oxygen atoms in total. The fraction of sp³-hybridized carbons (Fsp3) is 0.263. The van der Waals surface area contributed by atoms with E-state index in [2.05, 4.69) is 5.32 Å². The van der Waals surface area contributed by atoms with Crippen molar-refractivity contribution in [2.75, 3.05) is 31.7 Å². The Kier molecular flexibility index (Phi) is 8.09. The quantitative estimate of drug-likeness (QED) is 0.573. The Morgan fingerprint density at radius 3 is 2.23 bits per heavy atom. The smallest absolute Gasteiger partial charge is 0.348 e. The van der Waals surface area contributed by atoms with Crippen LogP contribution in [0.5, 0.6) is 0 Å². The highest BCUT2D eigenvalue weighted by Crippen LogP contribution is 2.24. The summed E-state index contributed by atoms with van der Waals surface area (Å²) in [4.78, 5) is 26.1. The molecule has 0 spiro atoms. The van der Waals surface area contributed by atoms with Crippen LogP contribution >= 0.6 is 11.8 Å². The predicted molar refractivity (Wildman–Crippen MR) is 111 cm³/mol. The first kappa shape index (κ1) is 24.7. The number of sulfonamides is 1. The summed E-state index contributed by atoms with van der Waals surface area (Å²) in [5, 5.41) is 2.60. The molecule has 0 atom stereocenters.